The van der Waals surface area contributed by atoms with Crippen LogP contribution in [0.3, 0.4) is 0 Å². The summed E-state index contributed by atoms with van der Waals surface area (Å²) in [5.41, 5.74) is 2.69. The number of benzene rings is 1. The molecule has 1 aromatic heterocycles. The first kappa shape index (κ1) is 17.4. The van der Waals surface area contributed by atoms with Crippen LogP contribution in [0.2, 0.25) is 5.15 Å². The Balaban J connectivity index is 1.64. The van der Waals surface area contributed by atoms with Gasteiger partial charge in [-0.3, -0.25) is 4.90 Å². The van der Waals surface area contributed by atoms with Gasteiger partial charge in [0.15, 0.2) is 0 Å². The summed E-state index contributed by atoms with van der Waals surface area (Å²) >= 11 is 5.98. The summed E-state index contributed by atoms with van der Waals surface area (Å²) in [4.78, 5) is 6.16. The molecule has 1 N–H and O–H groups in total. The van der Waals surface area contributed by atoms with Gasteiger partial charge in [-0.15, -0.1) is 0 Å². The number of imidazole rings is 1. The molecular formula is C16H21ClN4O2S. The second kappa shape index (κ2) is 6.84. The first-order valence-corrected chi connectivity index (χ1v) is 9.72. The van der Waals surface area contributed by atoms with Gasteiger partial charge in [-0.2, -0.15) is 0 Å². The van der Waals surface area contributed by atoms with Crippen molar-refractivity contribution in [3.05, 3.63) is 46.9 Å². The number of halogens is 1. The molecular weight excluding hydrogens is 348 g/mol. The lowest BCUT2D eigenvalue weighted by Crippen LogP contribution is -2.44. The molecule has 2 heterocycles. The summed E-state index contributed by atoms with van der Waals surface area (Å²) in [6.07, 6.45) is 2.38. The molecule has 0 saturated heterocycles. The van der Waals surface area contributed by atoms with E-state index in [1.165, 1.54) is 22.0 Å². The Morgan fingerprint density at radius 3 is 2.71 bits per heavy atom. The number of nitrogens with zero attached hydrogens (tertiary/aromatic N) is 3. The lowest BCUT2D eigenvalue weighted by molar-refractivity contribution is 0.192. The summed E-state index contributed by atoms with van der Waals surface area (Å²) in [6, 6.07) is 8.46. The van der Waals surface area contributed by atoms with Crippen LogP contribution in [0, 0.1) is 0 Å². The number of hydrogen-bond acceptors (Lipinski definition) is 4. The van der Waals surface area contributed by atoms with Crippen molar-refractivity contribution in [3.8, 4) is 0 Å². The number of rotatable bonds is 5. The zero-order valence-corrected chi connectivity index (χ0v) is 15.3. The summed E-state index contributed by atoms with van der Waals surface area (Å²) in [5.74, 6) is 0. The third-order valence-corrected chi connectivity index (χ3v) is 6.35. The van der Waals surface area contributed by atoms with Gasteiger partial charge in [0.25, 0.3) is 10.0 Å². The van der Waals surface area contributed by atoms with Crippen molar-refractivity contribution in [1.29, 1.82) is 0 Å². The number of aromatic nitrogens is 2. The fourth-order valence-electron chi connectivity index (χ4n) is 2.90. The van der Waals surface area contributed by atoms with Crippen LogP contribution in [0.15, 0.2) is 35.6 Å². The van der Waals surface area contributed by atoms with Crippen LogP contribution in [0.25, 0.3) is 0 Å². The summed E-state index contributed by atoms with van der Waals surface area (Å²) in [7, 11) is -2.05. The molecule has 0 fully saturated rings. The Kier molecular flexibility index (Phi) is 4.96. The van der Waals surface area contributed by atoms with Crippen molar-refractivity contribution in [2.24, 2.45) is 7.05 Å². The van der Waals surface area contributed by atoms with Crippen molar-refractivity contribution in [2.45, 2.75) is 31.0 Å². The van der Waals surface area contributed by atoms with Gasteiger partial charge in [0.1, 0.15) is 5.15 Å². The zero-order chi connectivity index (χ0) is 17.3. The minimum Gasteiger partial charge on any atom is -0.324 e. The Morgan fingerprint density at radius 2 is 2.04 bits per heavy atom. The minimum atomic E-state index is -3.70. The van der Waals surface area contributed by atoms with Crippen molar-refractivity contribution in [2.75, 3.05) is 13.1 Å². The molecule has 0 saturated carbocycles. The fraction of sp³-hybridized carbons (Fsp3) is 0.438. The van der Waals surface area contributed by atoms with E-state index in [0.717, 1.165) is 19.5 Å². The smallest absolute Gasteiger partial charge is 0.261 e. The highest BCUT2D eigenvalue weighted by Gasteiger charge is 2.25. The quantitative estimate of drug-likeness (QED) is 0.873. The molecule has 0 bridgehead atoms. The van der Waals surface area contributed by atoms with Crippen LogP contribution < -0.4 is 4.72 Å². The lowest BCUT2D eigenvalue weighted by Gasteiger charge is -2.33. The molecule has 1 aliphatic rings. The second-order valence-electron chi connectivity index (χ2n) is 6.14. The Morgan fingerprint density at radius 1 is 1.33 bits per heavy atom. The van der Waals surface area contributed by atoms with E-state index in [2.05, 4.69) is 32.8 Å². The van der Waals surface area contributed by atoms with Crippen molar-refractivity contribution in [1.82, 2.24) is 19.2 Å². The zero-order valence-electron chi connectivity index (χ0n) is 13.7. The molecule has 0 aliphatic carbocycles. The first-order valence-electron chi connectivity index (χ1n) is 7.86. The van der Waals surface area contributed by atoms with Crippen LogP contribution in [0.1, 0.15) is 18.1 Å². The molecule has 3 rings (SSSR count). The predicted molar refractivity (Wildman–Crippen MR) is 93.4 cm³/mol. The molecule has 2 aromatic rings. The number of fused-ring (bicyclic) bond motifs is 1. The van der Waals surface area contributed by atoms with Gasteiger partial charge in [0.2, 0.25) is 5.03 Å². The monoisotopic (exact) mass is 368 g/mol. The van der Waals surface area contributed by atoms with E-state index in [9.17, 15) is 8.42 Å². The number of hydrogen-bond donors (Lipinski definition) is 1. The van der Waals surface area contributed by atoms with Gasteiger partial charge >= 0.3 is 0 Å². The topological polar surface area (TPSA) is 67.2 Å². The molecule has 1 aliphatic heterocycles. The minimum absolute atomic E-state index is 0.0793. The highest BCUT2D eigenvalue weighted by atomic mass is 35.5. The second-order valence-corrected chi connectivity index (χ2v) is 8.18. The lowest BCUT2D eigenvalue weighted by atomic mass is 9.99. The van der Waals surface area contributed by atoms with Crippen molar-refractivity contribution in [3.63, 3.8) is 0 Å². The molecule has 8 heteroatoms. The molecule has 1 atom stereocenters. The van der Waals surface area contributed by atoms with E-state index in [0.29, 0.717) is 6.54 Å². The van der Waals surface area contributed by atoms with E-state index in [4.69, 9.17) is 11.6 Å². The van der Waals surface area contributed by atoms with Crippen LogP contribution >= 0.6 is 11.6 Å². The van der Waals surface area contributed by atoms with Crippen LogP contribution in [-0.2, 0) is 30.0 Å². The average Bonchev–Trinajstić information content (AvgIpc) is 2.92. The van der Waals surface area contributed by atoms with Crippen molar-refractivity contribution >= 4 is 21.6 Å². The summed E-state index contributed by atoms with van der Waals surface area (Å²) < 4.78 is 28.8. The molecule has 0 radical (unpaired) electrons. The molecule has 1 unspecified atom stereocenters. The maximum atomic E-state index is 12.4. The van der Waals surface area contributed by atoms with Gasteiger partial charge < -0.3 is 4.57 Å². The third kappa shape index (κ3) is 3.49. The van der Waals surface area contributed by atoms with Gasteiger partial charge in [0.05, 0.1) is 6.33 Å². The summed E-state index contributed by atoms with van der Waals surface area (Å²) in [6.45, 7) is 4.10. The molecule has 6 nitrogen and oxygen atoms in total. The molecule has 0 amide bonds. The normalized spacial score (nSPS) is 16.8. The molecule has 1 aromatic carbocycles. The number of aryl methyl sites for hydroxylation is 1. The Labute approximate surface area is 147 Å². The SMILES string of the molecule is CC(CNS(=O)(=O)c1ncn(C)c1Cl)N1CCc2ccccc2C1. The molecule has 130 valence electrons. The predicted octanol–water partition coefficient (Wildman–Crippen LogP) is 1.80. The van der Waals surface area contributed by atoms with E-state index < -0.39 is 10.0 Å². The van der Waals surface area contributed by atoms with Crippen LogP contribution in [-0.4, -0.2) is 42.0 Å². The van der Waals surface area contributed by atoms with E-state index in [1.54, 1.807) is 7.05 Å². The standard InChI is InChI=1S/C16H21ClN4O2S/c1-12(21-8-7-13-5-3-4-6-14(13)10-21)9-19-24(22,23)16-15(17)20(2)11-18-16/h3-6,11-12,19H,7-10H2,1-2H3. The number of sulfonamides is 1. The molecule has 24 heavy (non-hydrogen) atoms. The molecule has 0 spiro atoms. The van der Waals surface area contributed by atoms with Gasteiger partial charge in [0, 0.05) is 32.7 Å². The average molecular weight is 369 g/mol. The Hall–Kier alpha value is -1.41. The maximum absolute atomic E-state index is 12.4. The van der Waals surface area contributed by atoms with Gasteiger partial charge in [-0.1, -0.05) is 35.9 Å². The van der Waals surface area contributed by atoms with E-state index in [1.807, 2.05) is 13.0 Å². The first-order chi connectivity index (χ1) is 11.4. The number of nitrogens with one attached hydrogen (secondary N) is 1. The largest absolute Gasteiger partial charge is 0.324 e. The van der Waals surface area contributed by atoms with Crippen LogP contribution in [0.5, 0.6) is 0 Å². The third-order valence-electron chi connectivity index (χ3n) is 4.44. The summed E-state index contributed by atoms with van der Waals surface area (Å²) in [5, 5.41) is -0.00934. The fourth-order valence-corrected chi connectivity index (χ4v) is 4.44. The van der Waals surface area contributed by atoms with Gasteiger partial charge in [-0.25, -0.2) is 18.1 Å². The van der Waals surface area contributed by atoms with Gasteiger partial charge in [-0.05, 0) is 24.5 Å². The highest BCUT2D eigenvalue weighted by Crippen LogP contribution is 2.21. The van der Waals surface area contributed by atoms with E-state index >= 15 is 0 Å². The maximum Gasteiger partial charge on any atom is 0.261 e. The van der Waals surface area contributed by atoms with E-state index in [-0.39, 0.29) is 16.2 Å². The van der Waals surface area contributed by atoms with Crippen LogP contribution in [0.4, 0.5) is 0 Å². The Bertz CT molecular complexity index is 834. The highest BCUT2D eigenvalue weighted by molar-refractivity contribution is 7.89. The van der Waals surface area contributed by atoms with Crippen molar-refractivity contribution < 1.29 is 8.42 Å².